The number of esters is 1. The van der Waals surface area contributed by atoms with Crippen molar-refractivity contribution in [3.63, 3.8) is 0 Å². The number of unbranched alkanes of at least 4 members (excludes halogenated alkanes) is 2. The van der Waals surface area contributed by atoms with E-state index in [1.54, 1.807) is 30.3 Å². The number of hydrogen-bond acceptors (Lipinski definition) is 4. The molecule has 0 radical (unpaired) electrons. The van der Waals surface area contributed by atoms with Gasteiger partial charge in [0.1, 0.15) is 5.82 Å². The van der Waals surface area contributed by atoms with Crippen molar-refractivity contribution in [3.05, 3.63) is 66.0 Å². The SMILES string of the molecule is COC(=O)CCCCCC(NS(=O)(=O)c1ccccc1)c1ccc(F)cc1. The van der Waals surface area contributed by atoms with E-state index in [4.69, 9.17) is 0 Å². The third-order valence-electron chi connectivity index (χ3n) is 4.22. The van der Waals surface area contributed by atoms with Crippen molar-refractivity contribution in [2.75, 3.05) is 7.11 Å². The Hall–Kier alpha value is -2.25. The highest BCUT2D eigenvalue weighted by molar-refractivity contribution is 7.89. The van der Waals surface area contributed by atoms with Crippen LogP contribution in [0.3, 0.4) is 0 Å². The van der Waals surface area contributed by atoms with Gasteiger partial charge in [-0.05, 0) is 42.7 Å². The van der Waals surface area contributed by atoms with Gasteiger partial charge in [0.2, 0.25) is 10.0 Å². The molecule has 0 aliphatic rings. The Bertz CT molecular complexity index is 823. The topological polar surface area (TPSA) is 72.5 Å². The van der Waals surface area contributed by atoms with Crippen LogP contribution in [0.25, 0.3) is 0 Å². The van der Waals surface area contributed by atoms with Crippen LogP contribution >= 0.6 is 0 Å². The minimum absolute atomic E-state index is 0.183. The third kappa shape index (κ3) is 6.77. The van der Waals surface area contributed by atoms with E-state index in [1.165, 1.54) is 31.4 Å². The number of rotatable bonds is 10. The van der Waals surface area contributed by atoms with E-state index < -0.39 is 16.1 Å². The lowest BCUT2D eigenvalue weighted by Gasteiger charge is -2.19. The van der Waals surface area contributed by atoms with Crippen LogP contribution in [0.5, 0.6) is 0 Å². The summed E-state index contributed by atoms with van der Waals surface area (Å²) in [6, 6.07) is 13.5. The van der Waals surface area contributed by atoms with E-state index in [2.05, 4.69) is 9.46 Å². The molecule has 0 saturated carbocycles. The number of ether oxygens (including phenoxy) is 1. The van der Waals surface area contributed by atoms with E-state index in [9.17, 15) is 17.6 Å². The maximum absolute atomic E-state index is 13.2. The zero-order valence-electron chi connectivity index (χ0n) is 15.2. The third-order valence-corrected chi connectivity index (χ3v) is 5.71. The van der Waals surface area contributed by atoms with Crippen molar-refractivity contribution in [2.45, 2.75) is 43.0 Å². The molecular formula is C20H24FNO4S. The lowest BCUT2D eigenvalue weighted by Crippen LogP contribution is -2.28. The van der Waals surface area contributed by atoms with Gasteiger partial charge in [-0.15, -0.1) is 0 Å². The van der Waals surface area contributed by atoms with Crippen molar-refractivity contribution < 1.29 is 22.3 Å². The predicted octanol–water partition coefficient (Wildman–Crippen LogP) is 3.97. The highest BCUT2D eigenvalue weighted by Gasteiger charge is 2.21. The lowest BCUT2D eigenvalue weighted by atomic mass is 10.0. The van der Waals surface area contributed by atoms with Gasteiger partial charge in [0.05, 0.1) is 12.0 Å². The maximum Gasteiger partial charge on any atom is 0.305 e. The molecular weight excluding hydrogens is 369 g/mol. The molecule has 27 heavy (non-hydrogen) atoms. The first-order valence-electron chi connectivity index (χ1n) is 8.82. The Morgan fingerprint density at radius 2 is 1.70 bits per heavy atom. The molecule has 0 aliphatic heterocycles. The van der Waals surface area contributed by atoms with Gasteiger partial charge in [-0.2, -0.15) is 0 Å². The van der Waals surface area contributed by atoms with Crippen LogP contribution in [0.15, 0.2) is 59.5 Å². The van der Waals surface area contributed by atoms with Gasteiger partial charge in [-0.25, -0.2) is 17.5 Å². The fourth-order valence-electron chi connectivity index (χ4n) is 2.74. The van der Waals surface area contributed by atoms with E-state index in [1.807, 2.05) is 0 Å². The molecule has 0 fully saturated rings. The van der Waals surface area contributed by atoms with Crippen LogP contribution < -0.4 is 4.72 Å². The van der Waals surface area contributed by atoms with Gasteiger partial charge >= 0.3 is 5.97 Å². The summed E-state index contributed by atoms with van der Waals surface area (Å²) in [4.78, 5) is 11.3. The van der Waals surface area contributed by atoms with E-state index in [0.29, 0.717) is 24.8 Å². The Morgan fingerprint density at radius 3 is 2.33 bits per heavy atom. The summed E-state index contributed by atoms with van der Waals surface area (Å²) in [5, 5.41) is 0. The molecule has 2 aromatic rings. The van der Waals surface area contributed by atoms with Crippen LogP contribution in [-0.4, -0.2) is 21.5 Å². The second-order valence-corrected chi connectivity index (χ2v) is 7.93. The number of nitrogens with one attached hydrogen (secondary N) is 1. The van der Waals surface area contributed by atoms with Crippen molar-refractivity contribution in [1.82, 2.24) is 4.72 Å². The van der Waals surface area contributed by atoms with Gasteiger partial charge in [0.25, 0.3) is 0 Å². The molecule has 0 amide bonds. The number of hydrogen-bond donors (Lipinski definition) is 1. The minimum Gasteiger partial charge on any atom is -0.469 e. The monoisotopic (exact) mass is 393 g/mol. The van der Waals surface area contributed by atoms with Crippen LogP contribution in [0.2, 0.25) is 0 Å². The highest BCUT2D eigenvalue weighted by atomic mass is 32.2. The van der Waals surface area contributed by atoms with Crippen molar-refractivity contribution in [2.24, 2.45) is 0 Å². The molecule has 0 aromatic heterocycles. The maximum atomic E-state index is 13.2. The molecule has 146 valence electrons. The summed E-state index contributed by atoms with van der Waals surface area (Å²) in [6.07, 6.45) is 3.04. The molecule has 5 nitrogen and oxygen atoms in total. The van der Waals surface area contributed by atoms with Gasteiger partial charge in [-0.1, -0.05) is 43.2 Å². The molecule has 0 spiro atoms. The Morgan fingerprint density at radius 1 is 1.04 bits per heavy atom. The normalized spacial score (nSPS) is 12.5. The first-order valence-corrected chi connectivity index (χ1v) is 10.3. The number of carbonyl (C=O) groups excluding carboxylic acids is 1. The summed E-state index contributed by atoms with van der Waals surface area (Å²) in [5.41, 5.74) is 0.698. The summed E-state index contributed by atoms with van der Waals surface area (Å²) < 4.78 is 45.9. The summed E-state index contributed by atoms with van der Waals surface area (Å²) in [5.74, 6) is -0.628. The number of methoxy groups -OCH3 is 1. The van der Waals surface area contributed by atoms with E-state index >= 15 is 0 Å². The van der Waals surface area contributed by atoms with Gasteiger partial charge < -0.3 is 4.74 Å². The average Bonchev–Trinajstić information content (AvgIpc) is 2.68. The lowest BCUT2D eigenvalue weighted by molar-refractivity contribution is -0.140. The number of benzene rings is 2. The zero-order valence-corrected chi connectivity index (χ0v) is 16.0. The average molecular weight is 393 g/mol. The van der Waals surface area contributed by atoms with Gasteiger partial charge in [-0.3, -0.25) is 4.79 Å². The first-order chi connectivity index (χ1) is 12.9. The van der Waals surface area contributed by atoms with E-state index in [-0.39, 0.29) is 16.7 Å². The largest absolute Gasteiger partial charge is 0.469 e. The van der Waals surface area contributed by atoms with Crippen LogP contribution in [-0.2, 0) is 19.6 Å². The number of sulfonamides is 1. The first kappa shape index (κ1) is 21.1. The highest BCUT2D eigenvalue weighted by Crippen LogP contribution is 2.23. The molecule has 1 unspecified atom stereocenters. The summed E-state index contributed by atoms with van der Waals surface area (Å²) in [6.45, 7) is 0. The van der Waals surface area contributed by atoms with Crippen LogP contribution in [0, 0.1) is 5.82 Å². The standard InChI is InChI=1S/C20H24FNO4S/c1-26-20(23)11-7-3-6-10-19(16-12-14-17(21)15-13-16)22-27(24,25)18-8-4-2-5-9-18/h2,4-5,8-9,12-15,19,22H,3,6-7,10-11H2,1H3. The molecule has 7 heteroatoms. The molecule has 1 atom stereocenters. The Kier molecular flexibility index (Phi) is 7.94. The number of carbonyl (C=O) groups is 1. The van der Waals surface area contributed by atoms with Crippen LogP contribution in [0.4, 0.5) is 4.39 Å². The van der Waals surface area contributed by atoms with Gasteiger partial charge in [0.15, 0.2) is 0 Å². The fraction of sp³-hybridized carbons (Fsp3) is 0.350. The van der Waals surface area contributed by atoms with Crippen molar-refractivity contribution >= 4 is 16.0 Å². The Balaban J connectivity index is 2.06. The zero-order chi connectivity index (χ0) is 19.7. The smallest absolute Gasteiger partial charge is 0.305 e. The molecule has 2 aromatic carbocycles. The minimum atomic E-state index is -3.70. The quantitative estimate of drug-likeness (QED) is 0.490. The fourth-order valence-corrected chi connectivity index (χ4v) is 4.02. The molecule has 1 N–H and O–H groups in total. The second-order valence-electron chi connectivity index (χ2n) is 6.21. The van der Waals surface area contributed by atoms with Crippen molar-refractivity contribution in [3.8, 4) is 0 Å². The Labute approximate surface area is 159 Å². The molecule has 0 aliphatic carbocycles. The van der Waals surface area contributed by atoms with Crippen molar-refractivity contribution in [1.29, 1.82) is 0 Å². The van der Waals surface area contributed by atoms with Gasteiger partial charge in [0, 0.05) is 12.5 Å². The molecule has 0 saturated heterocycles. The predicted molar refractivity (Wildman–Crippen MR) is 101 cm³/mol. The molecule has 2 rings (SSSR count). The number of halogens is 1. The van der Waals surface area contributed by atoms with E-state index in [0.717, 1.165) is 12.8 Å². The van der Waals surface area contributed by atoms with Crippen LogP contribution in [0.1, 0.15) is 43.7 Å². The second kappa shape index (κ2) is 10.2. The summed E-state index contributed by atoms with van der Waals surface area (Å²) >= 11 is 0. The molecule has 0 heterocycles. The summed E-state index contributed by atoms with van der Waals surface area (Å²) in [7, 11) is -2.34. The molecule has 0 bridgehead atoms.